The number of nitrogens with zero attached hydrogens (tertiary/aromatic N) is 2. The van der Waals surface area contributed by atoms with Gasteiger partial charge in [-0.05, 0) is 37.5 Å². The fourth-order valence-corrected chi connectivity index (χ4v) is 2.58. The first kappa shape index (κ1) is 14.1. The summed E-state index contributed by atoms with van der Waals surface area (Å²) in [5, 5.41) is 5.14. The molecule has 1 heterocycles. The highest BCUT2D eigenvalue weighted by atomic mass is 35.5. The molecule has 0 fully saturated rings. The lowest BCUT2D eigenvalue weighted by molar-refractivity contribution is 0.587. The van der Waals surface area contributed by atoms with Gasteiger partial charge in [0.25, 0.3) is 0 Å². The van der Waals surface area contributed by atoms with Crippen LogP contribution < -0.4 is 5.73 Å². The van der Waals surface area contributed by atoms with Gasteiger partial charge in [0.1, 0.15) is 0 Å². The molecule has 0 spiro atoms. The minimum atomic E-state index is -0.0505. The Morgan fingerprint density at radius 3 is 2.74 bits per heavy atom. The van der Waals surface area contributed by atoms with Crippen LogP contribution in [-0.2, 0) is 6.54 Å². The smallest absolute Gasteiger partial charge is 0.0571 e. The SMILES string of the molecule is CCCn1ncc(-c2ccc(C(C)N)c(Cl)c2)c1C. The van der Waals surface area contributed by atoms with Gasteiger partial charge >= 0.3 is 0 Å². The highest BCUT2D eigenvalue weighted by molar-refractivity contribution is 6.31. The summed E-state index contributed by atoms with van der Waals surface area (Å²) in [5.74, 6) is 0. The van der Waals surface area contributed by atoms with Crippen molar-refractivity contribution in [3.63, 3.8) is 0 Å². The first-order valence-electron chi connectivity index (χ1n) is 6.62. The molecule has 1 aromatic carbocycles. The molecule has 1 aromatic heterocycles. The van der Waals surface area contributed by atoms with Crippen molar-refractivity contribution < 1.29 is 0 Å². The van der Waals surface area contributed by atoms with Gasteiger partial charge in [-0.25, -0.2) is 0 Å². The molecule has 0 saturated heterocycles. The van der Waals surface area contributed by atoms with Crippen molar-refractivity contribution in [3.05, 3.63) is 40.7 Å². The summed E-state index contributed by atoms with van der Waals surface area (Å²) >= 11 is 6.29. The maximum Gasteiger partial charge on any atom is 0.0571 e. The summed E-state index contributed by atoms with van der Waals surface area (Å²) in [7, 11) is 0. The summed E-state index contributed by atoms with van der Waals surface area (Å²) in [6.45, 7) is 7.11. The van der Waals surface area contributed by atoms with Gasteiger partial charge in [0, 0.05) is 28.9 Å². The van der Waals surface area contributed by atoms with Crippen molar-refractivity contribution in [1.29, 1.82) is 0 Å². The third kappa shape index (κ3) is 2.82. The van der Waals surface area contributed by atoms with E-state index < -0.39 is 0 Å². The number of benzene rings is 1. The highest BCUT2D eigenvalue weighted by Gasteiger charge is 2.11. The quantitative estimate of drug-likeness (QED) is 0.920. The van der Waals surface area contributed by atoms with E-state index in [4.69, 9.17) is 17.3 Å². The Morgan fingerprint density at radius 1 is 1.42 bits per heavy atom. The van der Waals surface area contributed by atoms with Gasteiger partial charge in [0.05, 0.1) is 6.20 Å². The average molecular weight is 278 g/mol. The monoisotopic (exact) mass is 277 g/mol. The third-order valence-electron chi connectivity index (χ3n) is 3.34. The van der Waals surface area contributed by atoms with Crippen LogP contribution in [0.25, 0.3) is 11.1 Å². The van der Waals surface area contributed by atoms with Crippen LogP contribution in [0.5, 0.6) is 0 Å². The lowest BCUT2D eigenvalue weighted by atomic mass is 10.0. The van der Waals surface area contributed by atoms with Crippen molar-refractivity contribution in [3.8, 4) is 11.1 Å². The van der Waals surface area contributed by atoms with Gasteiger partial charge in [-0.15, -0.1) is 0 Å². The Labute approximate surface area is 119 Å². The molecule has 1 atom stereocenters. The van der Waals surface area contributed by atoms with Crippen LogP contribution >= 0.6 is 11.6 Å². The number of aromatic nitrogens is 2. The fraction of sp³-hybridized carbons (Fsp3) is 0.400. The van der Waals surface area contributed by atoms with Gasteiger partial charge in [-0.1, -0.05) is 30.7 Å². The van der Waals surface area contributed by atoms with Crippen molar-refractivity contribution in [2.75, 3.05) is 0 Å². The zero-order valence-corrected chi connectivity index (χ0v) is 12.4. The number of hydrogen-bond acceptors (Lipinski definition) is 2. The molecular weight excluding hydrogens is 258 g/mol. The number of rotatable bonds is 4. The van der Waals surface area contributed by atoms with Gasteiger partial charge in [0.15, 0.2) is 0 Å². The second-order valence-corrected chi connectivity index (χ2v) is 5.30. The predicted octanol–water partition coefficient (Wildman–Crippen LogP) is 3.94. The molecule has 0 radical (unpaired) electrons. The lowest BCUT2D eigenvalue weighted by Gasteiger charge is -2.10. The summed E-state index contributed by atoms with van der Waals surface area (Å²) in [6.07, 6.45) is 2.98. The van der Waals surface area contributed by atoms with Gasteiger partial charge in [-0.3, -0.25) is 4.68 Å². The van der Waals surface area contributed by atoms with E-state index >= 15 is 0 Å². The predicted molar refractivity (Wildman–Crippen MR) is 80.3 cm³/mol. The molecule has 0 amide bonds. The van der Waals surface area contributed by atoms with Crippen LogP contribution in [0.3, 0.4) is 0 Å². The van der Waals surface area contributed by atoms with Crippen LogP contribution in [0.2, 0.25) is 5.02 Å². The second kappa shape index (κ2) is 5.76. The minimum absolute atomic E-state index is 0.0505. The van der Waals surface area contributed by atoms with E-state index in [9.17, 15) is 0 Å². The van der Waals surface area contributed by atoms with E-state index in [2.05, 4.69) is 25.0 Å². The summed E-state index contributed by atoms with van der Waals surface area (Å²) in [6, 6.07) is 5.98. The summed E-state index contributed by atoms with van der Waals surface area (Å²) in [4.78, 5) is 0. The molecule has 0 bridgehead atoms. The number of aryl methyl sites for hydroxylation is 1. The van der Waals surface area contributed by atoms with E-state index in [1.807, 2.05) is 29.9 Å². The summed E-state index contributed by atoms with van der Waals surface area (Å²) < 4.78 is 2.03. The van der Waals surface area contributed by atoms with Crippen molar-refractivity contribution in [2.24, 2.45) is 5.73 Å². The fourth-order valence-electron chi connectivity index (χ4n) is 2.23. The Hall–Kier alpha value is -1.32. The highest BCUT2D eigenvalue weighted by Crippen LogP contribution is 2.29. The number of halogens is 1. The first-order chi connectivity index (χ1) is 9.04. The Kier molecular flexibility index (Phi) is 4.27. The van der Waals surface area contributed by atoms with Crippen LogP contribution in [-0.4, -0.2) is 9.78 Å². The van der Waals surface area contributed by atoms with Crippen molar-refractivity contribution >= 4 is 11.6 Å². The Bertz CT molecular complexity index is 573. The molecule has 0 saturated carbocycles. The van der Waals surface area contributed by atoms with E-state index in [0.29, 0.717) is 0 Å². The second-order valence-electron chi connectivity index (χ2n) is 4.89. The number of nitrogens with two attached hydrogens (primary N) is 1. The molecule has 2 rings (SSSR count). The largest absolute Gasteiger partial charge is 0.324 e. The minimum Gasteiger partial charge on any atom is -0.324 e. The molecule has 0 aliphatic rings. The van der Waals surface area contributed by atoms with E-state index in [1.165, 1.54) is 5.69 Å². The number of hydrogen-bond donors (Lipinski definition) is 1. The lowest BCUT2D eigenvalue weighted by Crippen LogP contribution is -2.05. The summed E-state index contributed by atoms with van der Waals surface area (Å²) in [5.41, 5.74) is 10.2. The van der Waals surface area contributed by atoms with Crippen LogP contribution in [0.1, 0.15) is 37.6 Å². The molecule has 4 heteroatoms. The molecule has 102 valence electrons. The van der Waals surface area contributed by atoms with Gasteiger partial charge in [0.2, 0.25) is 0 Å². The van der Waals surface area contributed by atoms with Crippen LogP contribution in [0.4, 0.5) is 0 Å². The normalized spacial score (nSPS) is 12.7. The van der Waals surface area contributed by atoms with Crippen molar-refractivity contribution in [2.45, 2.75) is 39.8 Å². The van der Waals surface area contributed by atoms with E-state index in [1.54, 1.807) is 0 Å². The standard InChI is InChI=1S/C15H20ClN3/c1-4-7-19-11(3)14(9-18-19)12-5-6-13(10(2)17)15(16)8-12/h5-6,8-10H,4,7,17H2,1-3H3. The first-order valence-corrected chi connectivity index (χ1v) is 7.00. The molecule has 2 aromatic rings. The average Bonchev–Trinajstić information content (AvgIpc) is 2.71. The Morgan fingerprint density at radius 2 is 2.16 bits per heavy atom. The van der Waals surface area contributed by atoms with E-state index in [-0.39, 0.29) is 6.04 Å². The topological polar surface area (TPSA) is 43.8 Å². The third-order valence-corrected chi connectivity index (χ3v) is 3.67. The molecule has 3 nitrogen and oxygen atoms in total. The van der Waals surface area contributed by atoms with Crippen LogP contribution in [0, 0.1) is 6.92 Å². The van der Waals surface area contributed by atoms with Crippen molar-refractivity contribution in [1.82, 2.24) is 9.78 Å². The zero-order chi connectivity index (χ0) is 14.0. The molecule has 2 N–H and O–H groups in total. The molecule has 0 aliphatic carbocycles. The zero-order valence-electron chi connectivity index (χ0n) is 11.7. The van der Waals surface area contributed by atoms with Gasteiger partial charge < -0.3 is 5.73 Å². The van der Waals surface area contributed by atoms with E-state index in [0.717, 1.165) is 34.7 Å². The molecular formula is C15H20ClN3. The maximum atomic E-state index is 6.29. The molecule has 19 heavy (non-hydrogen) atoms. The van der Waals surface area contributed by atoms with Crippen LogP contribution in [0.15, 0.2) is 24.4 Å². The Balaban J connectivity index is 2.40. The molecule has 0 aliphatic heterocycles. The van der Waals surface area contributed by atoms with Gasteiger partial charge in [-0.2, -0.15) is 5.10 Å². The molecule has 1 unspecified atom stereocenters. The maximum absolute atomic E-state index is 6.29.